The molecule has 1 amide bonds. The highest BCUT2D eigenvalue weighted by atomic mass is 16.5. The highest BCUT2D eigenvalue weighted by molar-refractivity contribution is 5.97. The third-order valence-electron chi connectivity index (χ3n) is 3.82. The first-order valence-corrected chi connectivity index (χ1v) is 7.00. The molecule has 0 bridgehead atoms. The SMILES string of the molecule is COc1cnc(C)cc1C(=O)NC1CCc2[nH]ncc2C1. The van der Waals surface area contributed by atoms with Gasteiger partial charge in [0, 0.05) is 17.4 Å². The molecule has 2 N–H and O–H groups in total. The van der Waals surface area contributed by atoms with Crippen molar-refractivity contribution in [2.75, 3.05) is 7.11 Å². The van der Waals surface area contributed by atoms with E-state index in [0.717, 1.165) is 25.0 Å². The third-order valence-corrected chi connectivity index (χ3v) is 3.82. The zero-order chi connectivity index (χ0) is 14.8. The molecule has 0 aliphatic heterocycles. The quantitative estimate of drug-likeness (QED) is 0.894. The summed E-state index contributed by atoms with van der Waals surface area (Å²) in [4.78, 5) is 16.6. The highest BCUT2D eigenvalue weighted by Crippen LogP contribution is 2.21. The summed E-state index contributed by atoms with van der Waals surface area (Å²) in [5, 5.41) is 10.1. The van der Waals surface area contributed by atoms with E-state index in [1.807, 2.05) is 13.1 Å². The molecule has 2 aromatic rings. The number of amides is 1. The first kappa shape index (κ1) is 13.6. The van der Waals surface area contributed by atoms with Crippen molar-refractivity contribution in [1.82, 2.24) is 20.5 Å². The number of ether oxygens (including phenoxy) is 1. The van der Waals surface area contributed by atoms with Crippen LogP contribution in [0.25, 0.3) is 0 Å². The molecule has 0 spiro atoms. The maximum Gasteiger partial charge on any atom is 0.255 e. The Balaban J connectivity index is 1.74. The van der Waals surface area contributed by atoms with Gasteiger partial charge in [0.1, 0.15) is 5.75 Å². The van der Waals surface area contributed by atoms with Crippen LogP contribution in [0.4, 0.5) is 0 Å². The lowest BCUT2D eigenvalue weighted by Crippen LogP contribution is -2.38. The van der Waals surface area contributed by atoms with Crippen LogP contribution in [0, 0.1) is 6.92 Å². The van der Waals surface area contributed by atoms with Crippen LogP contribution in [-0.4, -0.2) is 34.2 Å². The molecular formula is C15H18N4O2. The summed E-state index contributed by atoms with van der Waals surface area (Å²) >= 11 is 0. The Bertz CT molecular complexity index is 665. The monoisotopic (exact) mass is 286 g/mol. The van der Waals surface area contributed by atoms with Crippen LogP contribution in [0.1, 0.15) is 33.7 Å². The molecule has 21 heavy (non-hydrogen) atoms. The van der Waals surface area contributed by atoms with E-state index < -0.39 is 0 Å². The number of nitrogens with one attached hydrogen (secondary N) is 2. The lowest BCUT2D eigenvalue weighted by molar-refractivity contribution is 0.0930. The van der Waals surface area contributed by atoms with E-state index in [1.54, 1.807) is 19.4 Å². The lowest BCUT2D eigenvalue weighted by atomic mass is 9.93. The molecular weight excluding hydrogens is 268 g/mol. The van der Waals surface area contributed by atoms with Crippen LogP contribution >= 0.6 is 0 Å². The van der Waals surface area contributed by atoms with Crippen molar-refractivity contribution in [2.45, 2.75) is 32.2 Å². The third kappa shape index (κ3) is 2.74. The predicted molar refractivity (Wildman–Crippen MR) is 77.4 cm³/mol. The number of H-pyrrole nitrogens is 1. The molecule has 2 aromatic heterocycles. The van der Waals surface area contributed by atoms with Gasteiger partial charge in [-0.15, -0.1) is 0 Å². The molecule has 1 unspecified atom stereocenters. The second kappa shape index (κ2) is 5.55. The van der Waals surface area contributed by atoms with Gasteiger partial charge in [0.05, 0.1) is 25.1 Å². The molecule has 1 aliphatic carbocycles. The number of carbonyl (C=O) groups excluding carboxylic acids is 1. The van der Waals surface area contributed by atoms with E-state index in [9.17, 15) is 4.79 Å². The first-order chi connectivity index (χ1) is 10.2. The number of nitrogens with zero attached hydrogens (tertiary/aromatic N) is 2. The van der Waals surface area contributed by atoms with E-state index >= 15 is 0 Å². The number of aryl methyl sites for hydroxylation is 2. The molecule has 110 valence electrons. The van der Waals surface area contributed by atoms with Gasteiger partial charge in [0.25, 0.3) is 5.91 Å². The summed E-state index contributed by atoms with van der Waals surface area (Å²) < 4.78 is 5.22. The summed E-state index contributed by atoms with van der Waals surface area (Å²) in [6, 6.07) is 1.88. The fourth-order valence-electron chi connectivity index (χ4n) is 2.69. The van der Waals surface area contributed by atoms with Gasteiger partial charge in [-0.1, -0.05) is 0 Å². The molecule has 1 aliphatic rings. The van der Waals surface area contributed by atoms with E-state index in [4.69, 9.17) is 4.74 Å². The van der Waals surface area contributed by atoms with Gasteiger partial charge in [-0.2, -0.15) is 5.10 Å². The number of fused-ring (bicyclic) bond motifs is 1. The maximum absolute atomic E-state index is 12.5. The van der Waals surface area contributed by atoms with Crippen molar-refractivity contribution in [3.8, 4) is 5.75 Å². The van der Waals surface area contributed by atoms with E-state index in [1.165, 1.54) is 11.3 Å². The largest absolute Gasteiger partial charge is 0.494 e. The Hall–Kier alpha value is -2.37. The fourth-order valence-corrected chi connectivity index (χ4v) is 2.69. The van der Waals surface area contributed by atoms with E-state index in [0.29, 0.717) is 11.3 Å². The number of hydrogen-bond acceptors (Lipinski definition) is 4. The van der Waals surface area contributed by atoms with Crippen LogP contribution in [0.2, 0.25) is 0 Å². The van der Waals surface area contributed by atoms with Crippen molar-refractivity contribution < 1.29 is 9.53 Å². The van der Waals surface area contributed by atoms with Crippen molar-refractivity contribution in [3.05, 3.63) is 41.0 Å². The minimum atomic E-state index is -0.116. The molecule has 1 atom stereocenters. The summed E-state index contributed by atoms with van der Waals surface area (Å²) in [5.74, 6) is 0.382. The summed E-state index contributed by atoms with van der Waals surface area (Å²) in [6.07, 6.45) is 6.05. The Kier molecular flexibility index (Phi) is 3.60. The Labute approximate surface area is 122 Å². The maximum atomic E-state index is 12.5. The highest BCUT2D eigenvalue weighted by Gasteiger charge is 2.23. The number of rotatable bonds is 3. The average Bonchev–Trinajstić information content (AvgIpc) is 2.94. The summed E-state index contributed by atoms with van der Waals surface area (Å²) in [6.45, 7) is 1.86. The van der Waals surface area contributed by atoms with Gasteiger partial charge in [0.15, 0.2) is 0 Å². The van der Waals surface area contributed by atoms with Crippen LogP contribution in [0.3, 0.4) is 0 Å². The molecule has 0 fully saturated rings. The normalized spacial score (nSPS) is 17.1. The van der Waals surface area contributed by atoms with Crippen molar-refractivity contribution in [3.63, 3.8) is 0 Å². The minimum Gasteiger partial charge on any atom is -0.494 e. The molecule has 0 saturated carbocycles. The predicted octanol–water partition coefficient (Wildman–Crippen LogP) is 1.41. The fraction of sp³-hybridized carbons (Fsp3) is 0.400. The molecule has 0 saturated heterocycles. The van der Waals surface area contributed by atoms with Crippen LogP contribution in [0.15, 0.2) is 18.5 Å². The molecule has 0 radical (unpaired) electrons. The summed E-state index contributed by atoms with van der Waals surface area (Å²) in [7, 11) is 1.54. The molecule has 6 heteroatoms. The topological polar surface area (TPSA) is 79.9 Å². The van der Waals surface area contributed by atoms with E-state index in [2.05, 4.69) is 20.5 Å². The standard InChI is InChI=1S/C15H18N4O2/c1-9-5-12(14(21-2)8-16-9)15(20)18-11-3-4-13-10(6-11)7-17-19-13/h5,7-8,11H,3-4,6H2,1-2H3,(H,17,19)(H,18,20). The van der Waals surface area contributed by atoms with Gasteiger partial charge in [0.2, 0.25) is 0 Å². The van der Waals surface area contributed by atoms with Crippen LogP contribution < -0.4 is 10.1 Å². The van der Waals surface area contributed by atoms with Crippen molar-refractivity contribution in [2.24, 2.45) is 0 Å². The number of aromatic amines is 1. The first-order valence-electron chi connectivity index (χ1n) is 7.00. The Morgan fingerprint density at radius 3 is 3.14 bits per heavy atom. The zero-order valence-corrected chi connectivity index (χ0v) is 12.1. The molecule has 6 nitrogen and oxygen atoms in total. The Morgan fingerprint density at radius 1 is 1.48 bits per heavy atom. The molecule has 2 heterocycles. The van der Waals surface area contributed by atoms with Crippen LogP contribution in [0.5, 0.6) is 5.75 Å². The lowest BCUT2D eigenvalue weighted by Gasteiger charge is -2.23. The minimum absolute atomic E-state index is 0.116. The van der Waals surface area contributed by atoms with Gasteiger partial charge >= 0.3 is 0 Å². The zero-order valence-electron chi connectivity index (χ0n) is 12.1. The van der Waals surface area contributed by atoms with Crippen molar-refractivity contribution >= 4 is 5.91 Å². The number of methoxy groups -OCH3 is 1. The van der Waals surface area contributed by atoms with Gasteiger partial charge in [-0.3, -0.25) is 14.9 Å². The van der Waals surface area contributed by atoms with Gasteiger partial charge < -0.3 is 10.1 Å². The number of hydrogen-bond donors (Lipinski definition) is 2. The van der Waals surface area contributed by atoms with Crippen LogP contribution in [-0.2, 0) is 12.8 Å². The number of aromatic nitrogens is 3. The van der Waals surface area contributed by atoms with E-state index in [-0.39, 0.29) is 11.9 Å². The second-order valence-electron chi connectivity index (χ2n) is 5.31. The average molecular weight is 286 g/mol. The number of pyridine rings is 1. The smallest absolute Gasteiger partial charge is 0.255 e. The summed E-state index contributed by atoms with van der Waals surface area (Å²) in [5.41, 5.74) is 3.69. The Morgan fingerprint density at radius 2 is 2.33 bits per heavy atom. The second-order valence-corrected chi connectivity index (χ2v) is 5.31. The van der Waals surface area contributed by atoms with Gasteiger partial charge in [-0.05, 0) is 37.8 Å². The number of carbonyl (C=O) groups is 1. The van der Waals surface area contributed by atoms with Crippen molar-refractivity contribution in [1.29, 1.82) is 0 Å². The molecule has 3 rings (SSSR count). The van der Waals surface area contributed by atoms with Gasteiger partial charge in [-0.25, -0.2) is 0 Å². The molecule has 0 aromatic carbocycles.